The average molecular weight is 428 g/mol. The predicted octanol–water partition coefficient (Wildman–Crippen LogP) is 2.92. The van der Waals surface area contributed by atoms with Gasteiger partial charge in [-0.2, -0.15) is 0 Å². The molecule has 2 aliphatic rings. The highest BCUT2D eigenvalue weighted by Crippen LogP contribution is 2.32. The van der Waals surface area contributed by atoms with Gasteiger partial charge >= 0.3 is 0 Å². The maximum absolute atomic E-state index is 13.2. The van der Waals surface area contributed by atoms with Crippen molar-refractivity contribution in [2.45, 2.75) is 49.6 Å². The van der Waals surface area contributed by atoms with Gasteiger partial charge in [-0.05, 0) is 24.6 Å². The number of para-hydroxylation sites is 1. The fourth-order valence-corrected chi connectivity index (χ4v) is 5.04. The third kappa shape index (κ3) is 4.05. The first-order valence-corrected chi connectivity index (χ1v) is 11.7. The third-order valence-electron chi connectivity index (χ3n) is 5.36. The van der Waals surface area contributed by atoms with Gasteiger partial charge in [0.15, 0.2) is 0 Å². The van der Waals surface area contributed by atoms with Crippen molar-refractivity contribution in [3.63, 3.8) is 0 Å². The monoisotopic (exact) mass is 427 g/mol. The molecule has 0 radical (unpaired) electrons. The van der Waals surface area contributed by atoms with Crippen LogP contribution in [0.3, 0.4) is 0 Å². The molecule has 0 spiro atoms. The standard InChI is InChI=1S/C22H25N3O4S/c1-2-3-10-18(23-21-16-9-5-7-12-20(16)30(27,28)25-21)22(26)24-17-13-14-29-19-11-6-4-8-15(17)19/h4-9,11-12,17-18H,2-3,10,13-14H2,1H3,(H,23,25)(H,24,26). The summed E-state index contributed by atoms with van der Waals surface area (Å²) < 4.78 is 32.9. The molecule has 2 heterocycles. The molecule has 0 fully saturated rings. The van der Waals surface area contributed by atoms with Gasteiger partial charge in [0.25, 0.3) is 10.0 Å². The smallest absolute Gasteiger partial charge is 0.263 e. The fraction of sp³-hybridized carbons (Fsp3) is 0.364. The highest BCUT2D eigenvalue weighted by atomic mass is 32.2. The van der Waals surface area contributed by atoms with Gasteiger partial charge in [-0.1, -0.05) is 50.1 Å². The van der Waals surface area contributed by atoms with Crippen LogP contribution in [0.25, 0.3) is 0 Å². The van der Waals surface area contributed by atoms with Crippen LogP contribution in [0.4, 0.5) is 0 Å². The van der Waals surface area contributed by atoms with Gasteiger partial charge < -0.3 is 10.1 Å². The number of hydrogen-bond acceptors (Lipinski definition) is 5. The zero-order valence-corrected chi connectivity index (χ0v) is 17.6. The van der Waals surface area contributed by atoms with Crippen LogP contribution in [-0.4, -0.2) is 32.8 Å². The number of nitrogens with zero attached hydrogens (tertiary/aromatic N) is 1. The van der Waals surface area contributed by atoms with Crippen LogP contribution < -0.4 is 14.8 Å². The van der Waals surface area contributed by atoms with Crippen LogP contribution in [0.2, 0.25) is 0 Å². The van der Waals surface area contributed by atoms with Gasteiger partial charge in [0.1, 0.15) is 17.6 Å². The minimum absolute atomic E-state index is 0.153. The molecule has 2 aliphatic heterocycles. The molecule has 4 rings (SSSR count). The van der Waals surface area contributed by atoms with E-state index in [0.29, 0.717) is 25.0 Å². The molecule has 158 valence electrons. The third-order valence-corrected chi connectivity index (χ3v) is 6.75. The Bertz CT molecular complexity index is 1080. The summed E-state index contributed by atoms with van der Waals surface area (Å²) in [6.45, 7) is 2.58. The summed E-state index contributed by atoms with van der Waals surface area (Å²) >= 11 is 0. The van der Waals surface area contributed by atoms with Crippen molar-refractivity contribution in [2.24, 2.45) is 4.99 Å². The van der Waals surface area contributed by atoms with Crippen LogP contribution in [0.5, 0.6) is 5.75 Å². The van der Waals surface area contributed by atoms with E-state index in [1.165, 1.54) is 0 Å². The molecule has 7 nitrogen and oxygen atoms in total. The van der Waals surface area contributed by atoms with Gasteiger partial charge in [0.05, 0.1) is 17.5 Å². The molecule has 30 heavy (non-hydrogen) atoms. The molecule has 2 N–H and O–H groups in total. The number of sulfonamides is 1. The lowest BCUT2D eigenvalue weighted by Gasteiger charge is -2.27. The molecule has 1 amide bonds. The first kappa shape index (κ1) is 20.4. The SMILES string of the molecule is CCCCC(N=C1NS(=O)(=O)c2ccccc21)C(=O)NC1CCOc2ccccc21. The molecule has 8 heteroatoms. The molecule has 0 bridgehead atoms. The number of amidine groups is 1. The van der Waals surface area contributed by atoms with Gasteiger partial charge in [-0.25, -0.2) is 8.42 Å². The largest absolute Gasteiger partial charge is 0.493 e. The lowest BCUT2D eigenvalue weighted by atomic mass is 9.99. The molecule has 0 aromatic heterocycles. The fourth-order valence-electron chi connectivity index (χ4n) is 3.80. The number of aliphatic imine (C=N–C) groups is 1. The van der Waals surface area contributed by atoms with Gasteiger partial charge in [-0.15, -0.1) is 0 Å². The number of amides is 1. The number of rotatable bonds is 6. The Kier molecular flexibility index (Phi) is 5.76. The number of carbonyl (C=O) groups is 1. The second-order valence-electron chi connectivity index (χ2n) is 7.47. The number of benzene rings is 2. The van der Waals surface area contributed by atoms with Crippen molar-refractivity contribution in [3.05, 3.63) is 59.7 Å². The molecular weight excluding hydrogens is 402 g/mol. The summed E-state index contributed by atoms with van der Waals surface area (Å²) in [5.41, 5.74) is 1.45. The number of carbonyl (C=O) groups excluding carboxylic acids is 1. The van der Waals surface area contributed by atoms with E-state index in [1.807, 2.05) is 31.2 Å². The highest BCUT2D eigenvalue weighted by Gasteiger charge is 2.32. The highest BCUT2D eigenvalue weighted by molar-refractivity contribution is 7.90. The quantitative estimate of drug-likeness (QED) is 0.741. The van der Waals surface area contributed by atoms with Crippen LogP contribution in [0, 0.1) is 0 Å². The zero-order valence-electron chi connectivity index (χ0n) is 16.8. The summed E-state index contributed by atoms with van der Waals surface area (Å²) in [4.78, 5) is 17.9. The van der Waals surface area contributed by atoms with E-state index in [4.69, 9.17) is 4.74 Å². The number of ether oxygens (including phenoxy) is 1. The lowest BCUT2D eigenvalue weighted by molar-refractivity contribution is -0.123. The summed E-state index contributed by atoms with van der Waals surface area (Å²) in [5, 5.41) is 3.10. The van der Waals surface area contributed by atoms with Crippen molar-refractivity contribution >= 4 is 21.8 Å². The topological polar surface area (TPSA) is 96.9 Å². The van der Waals surface area contributed by atoms with Crippen molar-refractivity contribution in [1.29, 1.82) is 0 Å². The van der Waals surface area contributed by atoms with Crippen LogP contribution in [0.15, 0.2) is 58.4 Å². The van der Waals surface area contributed by atoms with E-state index in [0.717, 1.165) is 24.2 Å². The van der Waals surface area contributed by atoms with E-state index < -0.39 is 16.1 Å². The number of fused-ring (bicyclic) bond motifs is 2. The van der Waals surface area contributed by atoms with E-state index >= 15 is 0 Å². The van der Waals surface area contributed by atoms with E-state index in [1.54, 1.807) is 24.3 Å². The summed E-state index contributed by atoms with van der Waals surface area (Å²) in [7, 11) is -3.64. The number of nitrogens with one attached hydrogen (secondary N) is 2. The zero-order chi connectivity index (χ0) is 21.1. The predicted molar refractivity (Wildman–Crippen MR) is 114 cm³/mol. The maximum Gasteiger partial charge on any atom is 0.263 e. The van der Waals surface area contributed by atoms with Crippen LogP contribution in [0.1, 0.15) is 49.8 Å². The molecule has 0 saturated carbocycles. The Morgan fingerprint density at radius 1 is 1.23 bits per heavy atom. The van der Waals surface area contributed by atoms with Crippen LogP contribution >= 0.6 is 0 Å². The molecule has 2 unspecified atom stereocenters. The Labute approximate surface area is 176 Å². The Morgan fingerprint density at radius 3 is 2.83 bits per heavy atom. The number of unbranched alkanes of at least 4 members (excludes halogenated alkanes) is 1. The molecule has 0 aliphatic carbocycles. The Balaban J connectivity index is 1.60. The van der Waals surface area contributed by atoms with Gasteiger partial charge in [0.2, 0.25) is 5.91 Å². The lowest BCUT2D eigenvalue weighted by Crippen LogP contribution is -2.39. The normalized spacial score (nSPS) is 21.1. The average Bonchev–Trinajstić information content (AvgIpc) is 3.01. The summed E-state index contributed by atoms with van der Waals surface area (Å²) in [6, 6.07) is 13.5. The van der Waals surface area contributed by atoms with Gasteiger partial charge in [0, 0.05) is 17.5 Å². The van der Waals surface area contributed by atoms with Crippen molar-refractivity contribution in [1.82, 2.24) is 10.0 Å². The molecule has 2 aromatic rings. The first-order valence-electron chi connectivity index (χ1n) is 10.2. The van der Waals surface area contributed by atoms with Crippen molar-refractivity contribution in [3.8, 4) is 5.75 Å². The van der Waals surface area contributed by atoms with Crippen molar-refractivity contribution in [2.75, 3.05) is 6.61 Å². The summed E-state index contributed by atoms with van der Waals surface area (Å²) in [5.74, 6) is 0.804. The Hall–Kier alpha value is -2.87. The second kappa shape index (κ2) is 8.47. The van der Waals surface area contributed by atoms with E-state index in [9.17, 15) is 13.2 Å². The first-order chi connectivity index (χ1) is 14.5. The summed E-state index contributed by atoms with van der Waals surface area (Å²) in [6.07, 6.45) is 2.94. The second-order valence-corrected chi connectivity index (χ2v) is 9.12. The maximum atomic E-state index is 13.2. The molecule has 2 aromatic carbocycles. The van der Waals surface area contributed by atoms with E-state index in [-0.39, 0.29) is 22.7 Å². The van der Waals surface area contributed by atoms with E-state index in [2.05, 4.69) is 15.0 Å². The van der Waals surface area contributed by atoms with Crippen molar-refractivity contribution < 1.29 is 17.9 Å². The van der Waals surface area contributed by atoms with Crippen LogP contribution in [-0.2, 0) is 14.8 Å². The molecule has 0 saturated heterocycles. The minimum atomic E-state index is -3.64. The van der Waals surface area contributed by atoms with Gasteiger partial charge in [-0.3, -0.25) is 14.5 Å². The molecule has 2 atom stereocenters. The Morgan fingerprint density at radius 2 is 2.00 bits per heavy atom. The minimum Gasteiger partial charge on any atom is -0.493 e. The molecular formula is C22H25N3O4S. The number of hydrogen-bond donors (Lipinski definition) is 2.